The first-order chi connectivity index (χ1) is 11.0. The zero-order chi connectivity index (χ0) is 16.4. The molecular weight excluding hydrogens is 301 g/mol. The van der Waals surface area contributed by atoms with Crippen LogP contribution in [0.3, 0.4) is 0 Å². The molecule has 0 unspecified atom stereocenters. The molecule has 0 bridgehead atoms. The minimum absolute atomic E-state index is 0.0133. The van der Waals surface area contributed by atoms with Crippen LogP contribution in [-0.4, -0.2) is 36.1 Å². The topological polar surface area (TPSA) is 51.9 Å². The lowest BCUT2D eigenvalue weighted by atomic mass is 10.2. The quantitative estimate of drug-likeness (QED) is 0.869. The first-order valence-corrected chi connectivity index (χ1v) is 7.49. The maximum Gasteiger partial charge on any atom is 0.290 e. The second-order valence-corrected chi connectivity index (χ2v) is 5.65. The number of benzene rings is 1. The minimum atomic E-state index is -0.401. The summed E-state index contributed by atoms with van der Waals surface area (Å²) in [5.41, 5.74) is 0. The Morgan fingerprint density at radius 1 is 1.22 bits per heavy atom. The predicted molar refractivity (Wildman–Crippen MR) is 81.1 cm³/mol. The Hall–Kier alpha value is -2.34. The molecule has 23 heavy (non-hydrogen) atoms. The second-order valence-electron chi connectivity index (χ2n) is 5.65. The number of furan rings is 1. The highest BCUT2D eigenvalue weighted by atomic mass is 19.1. The van der Waals surface area contributed by atoms with Gasteiger partial charge in [-0.25, -0.2) is 4.39 Å². The third kappa shape index (κ3) is 3.71. The van der Waals surface area contributed by atoms with Gasteiger partial charge >= 0.3 is 0 Å². The van der Waals surface area contributed by atoms with Crippen molar-refractivity contribution in [2.45, 2.75) is 26.1 Å². The van der Waals surface area contributed by atoms with Crippen molar-refractivity contribution in [1.82, 2.24) is 4.90 Å². The summed E-state index contributed by atoms with van der Waals surface area (Å²) >= 11 is 0. The fourth-order valence-electron chi connectivity index (χ4n) is 2.64. The second kappa shape index (κ2) is 6.42. The van der Waals surface area contributed by atoms with E-state index in [0.717, 1.165) is 0 Å². The zero-order valence-corrected chi connectivity index (χ0v) is 13.0. The highest BCUT2D eigenvalue weighted by Crippen LogP contribution is 2.25. The molecule has 0 saturated carbocycles. The van der Waals surface area contributed by atoms with E-state index in [1.54, 1.807) is 23.1 Å². The molecule has 0 radical (unpaired) electrons. The van der Waals surface area contributed by atoms with E-state index in [2.05, 4.69) is 0 Å². The van der Waals surface area contributed by atoms with Crippen molar-refractivity contribution < 1.29 is 23.1 Å². The Morgan fingerprint density at radius 2 is 1.96 bits per heavy atom. The van der Waals surface area contributed by atoms with E-state index in [1.165, 1.54) is 18.2 Å². The van der Waals surface area contributed by atoms with Gasteiger partial charge in [-0.05, 0) is 32.0 Å². The van der Waals surface area contributed by atoms with E-state index in [-0.39, 0.29) is 29.8 Å². The Morgan fingerprint density at radius 3 is 2.65 bits per heavy atom. The molecule has 1 aromatic carbocycles. The monoisotopic (exact) mass is 319 g/mol. The van der Waals surface area contributed by atoms with Gasteiger partial charge in [-0.3, -0.25) is 4.79 Å². The van der Waals surface area contributed by atoms with E-state index in [9.17, 15) is 9.18 Å². The largest absolute Gasteiger partial charge is 0.426 e. The SMILES string of the molecule is C[C@H]1CN(C(=O)c2ccc(Oc3cccc(F)c3)o2)C[C@H](C)O1. The molecule has 0 N–H and O–H groups in total. The summed E-state index contributed by atoms with van der Waals surface area (Å²) in [5.74, 6) is 0.0423. The summed E-state index contributed by atoms with van der Waals surface area (Å²) in [6, 6.07) is 8.82. The summed E-state index contributed by atoms with van der Waals surface area (Å²) in [6.45, 7) is 4.89. The van der Waals surface area contributed by atoms with Crippen molar-refractivity contribution >= 4 is 5.91 Å². The fourth-order valence-corrected chi connectivity index (χ4v) is 2.64. The zero-order valence-electron chi connectivity index (χ0n) is 13.0. The molecule has 1 aliphatic heterocycles. The van der Waals surface area contributed by atoms with Gasteiger partial charge in [0.1, 0.15) is 11.6 Å². The number of morpholine rings is 1. The lowest BCUT2D eigenvalue weighted by Crippen LogP contribution is -2.48. The maximum atomic E-state index is 13.1. The lowest BCUT2D eigenvalue weighted by molar-refractivity contribution is -0.0592. The highest BCUT2D eigenvalue weighted by Gasteiger charge is 2.28. The minimum Gasteiger partial charge on any atom is -0.426 e. The van der Waals surface area contributed by atoms with Crippen LogP contribution in [0.4, 0.5) is 4.39 Å². The van der Waals surface area contributed by atoms with Gasteiger partial charge in [-0.1, -0.05) is 6.07 Å². The first-order valence-electron chi connectivity index (χ1n) is 7.49. The number of hydrogen-bond donors (Lipinski definition) is 0. The van der Waals surface area contributed by atoms with Crippen LogP contribution in [0.25, 0.3) is 0 Å². The molecule has 1 aliphatic rings. The van der Waals surface area contributed by atoms with Crippen LogP contribution < -0.4 is 4.74 Å². The van der Waals surface area contributed by atoms with Gasteiger partial charge in [-0.2, -0.15) is 0 Å². The standard InChI is InChI=1S/C17H18FNO4/c1-11-9-19(10-12(2)21-11)17(20)15-6-7-16(23-15)22-14-5-3-4-13(18)8-14/h3-8,11-12H,9-10H2,1-2H3/t11-,12-/m0/s1. The van der Waals surface area contributed by atoms with E-state index in [4.69, 9.17) is 13.9 Å². The predicted octanol–water partition coefficient (Wildman–Crippen LogP) is 3.46. The average molecular weight is 319 g/mol. The molecule has 6 heteroatoms. The van der Waals surface area contributed by atoms with Crippen molar-refractivity contribution in [1.29, 1.82) is 0 Å². The van der Waals surface area contributed by atoms with E-state index in [0.29, 0.717) is 18.8 Å². The number of carbonyl (C=O) groups excluding carboxylic acids is 1. The van der Waals surface area contributed by atoms with Gasteiger partial charge < -0.3 is 18.8 Å². The molecule has 1 aromatic heterocycles. The van der Waals surface area contributed by atoms with Crippen LogP contribution >= 0.6 is 0 Å². The summed E-state index contributed by atoms with van der Waals surface area (Å²) in [4.78, 5) is 14.2. The number of hydrogen-bond acceptors (Lipinski definition) is 4. The van der Waals surface area contributed by atoms with Crippen LogP contribution in [0, 0.1) is 5.82 Å². The first kappa shape index (κ1) is 15.6. The summed E-state index contributed by atoms with van der Waals surface area (Å²) < 4.78 is 29.6. The normalized spacial score (nSPS) is 21.3. The molecule has 0 aliphatic carbocycles. The molecule has 0 spiro atoms. The molecule has 1 fully saturated rings. The molecule has 2 atom stereocenters. The molecule has 1 saturated heterocycles. The number of halogens is 1. The van der Waals surface area contributed by atoms with Gasteiger partial charge in [0, 0.05) is 25.2 Å². The van der Waals surface area contributed by atoms with Gasteiger partial charge in [-0.15, -0.1) is 0 Å². The van der Waals surface area contributed by atoms with Crippen LogP contribution in [0.5, 0.6) is 11.7 Å². The molecular formula is C17H18FNO4. The number of amides is 1. The smallest absolute Gasteiger partial charge is 0.290 e. The van der Waals surface area contributed by atoms with Crippen molar-refractivity contribution in [2.75, 3.05) is 13.1 Å². The summed E-state index contributed by atoms with van der Waals surface area (Å²) in [5, 5.41) is 0. The van der Waals surface area contributed by atoms with Crippen molar-refractivity contribution in [3.05, 3.63) is 48.0 Å². The van der Waals surface area contributed by atoms with Crippen molar-refractivity contribution in [3.8, 4) is 11.7 Å². The van der Waals surface area contributed by atoms with E-state index in [1.807, 2.05) is 13.8 Å². The van der Waals surface area contributed by atoms with Gasteiger partial charge in [0.15, 0.2) is 5.76 Å². The van der Waals surface area contributed by atoms with Crippen LogP contribution in [0.2, 0.25) is 0 Å². The number of nitrogens with zero attached hydrogens (tertiary/aromatic N) is 1. The Labute approximate surface area is 133 Å². The molecule has 2 aromatic rings. The van der Waals surface area contributed by atoms with Crippen LogP contribution in [0.1, 0.15) is 24.4 Å². The molecule has 122 valence electrons. The number of ether oxygens (including phenoxy) is 2. The Bertz CT molecular complexity index is 689. The van der Waals surface area contributed by atoms with Gasteiger partial charge in [0.05, 0.1) is 12.2 Å². The van der Waals surface area contributed by atoms with Crippen molar-refractivity contribution in [2.24, 2.45) is 0 Å². The number of rotatable bonds is 3. The maximum absolute atomic E-state index is 13.1. The molecule has 1 amide bonds. The summed E-state index contributed by atoms with van der Waals surface area (Å²) in [7, 11) is 0. The highest BCUT2D eigenvalue weighted by molar-refractivity contribution is 5.91. The van der Waals surface area contributed by atoms with Gasteiger partial charge in [0.25, 0.3) is 11.9 Å². The van der Waals surface area contributed by atoms with Crippen LogP contribution in [0.15, 0.2) is 40.8 Å². The Kier molecular flexibility index (Phi) is 4.34. The third-order valence-corrected chi connectivity index (χ3v) is 3.51. The van der Waals surface area contributed by atoms with E-state index >= 15 is 0 Å². The van der Waals surface area contributed by atoms with Crippen LogP contribution in [-0.2, 0) is 4.74 Å². The fraction of sp³-hybridized carbons (Fsp3) is 0.353. The number of carbonyl (C=O) groups is 1. The molecule has 5 nitrogen and oxygen atoms in total. The average Bonchev–Trinajstić information content (AvgIpc) is 2.94. The molecule has 3 rings (SSSR count). The Balaban J connectivity index is 1.70. The van der Waals surface area contributed by atoms with Crippen molar-refractivity contribution in [3.63, 3.8) is 0 Å². The molecule has 2 heterocycles. The summed E-state index contributed by atoms with van der Waals surface area (Å²) in [6.07, 6.45) is -0.0265. The third-order valence-electron chi connectivity index (χ3n) is 3.51. The van der Waals surface area contributed by atoms with Gasteiger partial charge in [0.2, 0.25) is 0 Å². The lowest BCUT2D eigenvalue weighted by Gasteiger charge is -2.34. The van der Waals surface area contributed by atoms with E-state index < -0.39 is 5.82 Å².